The summed E-state index contributed by atoms with van der Waals surface area (Å²) in [5.74, 6) is 0.579. The van der Waals surface area contributed by atoms with Crippen LogP contribution in [0.2, 0.25) is 0 Å². The lowest BCUT2D eigenvalue weighted by molar-refractivity contribution is -0.136. The summed E-state index contributed by atoms with van der Waals surface area (Å²) >= 11 is 0. The van der Waals surface area contributed by atoms with Crippen molar-refractivity contribution in [3.63, 3.8) is 0 Å². The monoisotopic (exact) mass is 413 g/mol. The van der Waals surface area contributed by atoms with E-state index >= 15 is 0 Å². The Bertz CT molecular complexity index is 869. The molecule has 6 heteroatoms. The minimum absolute atomic E-state index is 0.0188. The molecule has 1 aromatic rings. The first-order chi connectivity index (χ1) is 14.5. The van der Waals surface area contributed by atoms with Gasteiger partial charge in [0.2, 0.25) is 5.91 Å². The van der Waals surface area contributed by atoms with Crippen LogP contribution in [0.3, 0.4) is 0 Å². The maximum absolute atomic E-state index is 13.2. The second kappa shape index (κ2) is 8.67. The summed E-state index contributed by atoms with van der Waals surface area (Å²) in [5.41, 5.74) is 1.73. The zero-order valence-electron chi connectivity index (χ0n) is 18.5. The molecule has 3 aliphatic rings. The number of aromatic nitrogens is 1. The van der Waals surface area contributed by atoms with Gasteiger partial charge in [0.05, 0.1) is 12.1 Å². The molecule has 30 heavy (non-hydrogen) atoms. The number of carbonyl (C=O) groups excluding carboxylic acids is 1. The molecule has 164 valence electrons. The zero-order chi connectivity index (χ0) is 21.4. The molecule has 1 amide bonds. The summed E-state index contributed by atoms with van der Waals surface area (Å²) in [6.45, 7) is 3.33. The fourth-order valence-corrected chi connectivity index (χ4v) is 6.05. The van der Waals surface area contributed by atoms with Crippen molar-refractivity contribution in [1.29, 1.82) is 0 Å². The van der Waals surface area contributed by atoms with Gasteiger partial charge in [-0.1, -0.05) is 31.4 Å². The van der Waals surface area contributed by atoms with Crippen molar-refractivity contribution in [3.8, 4) is 0 Å². The van der Waals surface area contributed by atoms with Crippen LogP contribution in [0.25, 0.3) is 6.08 Å². The van der Waals surface area contributed by atoms with E-state index < -0.39 is 0 Å². The highest BCUT2D eigenvalue weighted by Crippen LogP contribution is 2.50. The molecular weight excluding hydrogens is 378 g/mol. The van der Waals surface area contributed by atoms with Crippen LogP contribution in [0.4, 0.5) is 0 Å². The zero-order valence-corrected chi connectivity index (χ0v) is 18.5. The normalized spacial score (nSPS) is 29.3. The summed E-state index contributed by atoms with van der Waals surface area (Å²) in [7, 11) is 3.59. The number of pyridine rings is 1. The third-order valence-electron chi connectivity index (χ3n) is 7.45. The van der Waals surface area contributed by atoms with E-state index in [0.717, 1.165) is 12.2 Å². The van der Waals surface area contributed by atoms with Gasteiger partial charge in [-0.3, -0.25) is 14.5 Å². The second-order valence-corrected chi connectivity index (χ2v) is 9.46. The van der Waals surface area contributed by atoms with Crippen molar-refractivity contribution in [2.75, 3.05) is 27.2 Å². The van der Waals surface area contributed by atoms with Crippen LogP contribution in [0.5, 0.6) is 0 Å². The maximum atomic E-state index is 13.2. The number of likely N-dealkylation sites (tertiary alicyclic amines) is 1. The predicted molar refractivity (Wildman–Crippen MR) is 118 cm³/mol. The van der Waals surface area contributed by atoms with Crippen LogP contribution < -0.4 is 5.56 Å². The third-order valence-corrected chi connectivity index (χ3v) is 7.45. The van der Waals surface area contributed by atoms with Crippen molar-refractivity contribution in [1.82, 2.24) is 14.4 Å². The minimum Gasteiger partial charge on any atom is -0.396 e. The lowest BCUT2D eigenvalue weighted by Crippen LogP contribution is -2.49. The van der Waals surface area contributed by atoms with Gasteiger partial charge in [0.25, 0.3) is 5.56 Å². The Morgan fingerprint density at radius 2 is 1.97 bits per heavy atom. The lowest BCUT2D eigenvalue weighted by Gasteiger charge is -2.36. The molecule has 0 bridgehead atoms. The molecule has 0 unspecified atom stereocenters. The fraction of sp³-hybridized carbons (Fsp3) is 0.667. The number of likely N-dealkylation sites (N-methyl/N-ethyl adjacent to an activating group) is 1. The van der Waals surface area contributed by atoms with Gasteiger partial charge in [0.15, 0.2) is 0 Å². The van der Waals surface area contributed by atoms with E-state index in [9.17, 15) is 14.7 Å². The number of hydrogen-bond acceptors (Lipinski definition) is 4. The molecule has 4 atom stereocenters. The topological polar surface area (TPSA) is 65.8 Å². The van der Waals surface area contributed by atoms with Crippen molar-refractivity contribution < 1.29 is 9.90 Å². The number of hydrogen-bond donors (Lipinski definition) is 1. The molecule has 1 saturated heterocycles. The predicted octanol–water partition coefficient (Wildman–Crippen LogP) is 2.51. The van der Waals surface area contributed by atoms with E-state index in [2.05, 4.69) is 11.0 Å². The number of fused-ring (bicyclic) bond motifs is 3. The maximum Gasteiger partial charge on any atom is 0.258 e. The van der Waals surface area contributed by atoms with Crippen molar-refractivity contribution in [3.05, 3.63) is 39.8 Å². The number of nitrogens with zero attached hydrogens (tertiary/aromatic N) is 3. The van der Waals surface area contributed by atoms with Crippen molar-refractivity contribution in [2.24, 2.45) is 17.8 Å². The van der Waals surface area contributed by atoms with Gasteiger partial charge in [0.1, 0.15) is 0 Å². The Morgan fingerprint density at radius 3 is 2.60 bits per heavy atom. The Morgan fingerprint density at radius 1 is 1.23 bits per heavy atom. The first kappa shape index (κ1) is 21.3. The smallest absolute Gasteiger partial charge is 0.258 e. The molecule has 0 spiro atoms. The third kappa shape index (κ3) is 3.54. The van der Waals surface area contributed by atoms with Crippen molar-refractivity contribution >= 4 is 12.0 Å². The van der Waals surface area contributed by atoms with Crippen LogP contribution in [0.1, 0.15) is 56.3 Å². The molecule has 1 aromatic heterocycles. The molecule has 3 heterocycles. The average molecular weight is 414 g/mol. The molecular formula is C24H35N3O3. The molecule has 0 radical (unpaired) electrons. The molecule has 4 rings (SSSR count). The second-order valence-electron chi connectivity index (χ2n) is 9.46. The van der Waals surface area contributed by atoms with Gasteiger partial charge in [-0.15, -0.1) is 0 Å². The summed E-state index contributed by atoms with van der Waals surface area (Å²) in [6, 6.07) is 3.67. The van der Waals surface area contributed by atoms with Crippen LogP contribution in [0.15, 0.2) is 23.0 Å². The van der Waals surface area contributed by atoms with E-state index in [4.69, 9.17) is 0 Å². The summed E-state index contributed by atoms with van der Waals surface area (Å²) in [6.07, 6.45) is 9.95. The van der Waals surface area contributed by atoms with E-state index in [-0.39, 0.29) is 42.0 Å². The first-order valence-corrected chi connectivity index (χ1v) is 11.4. The molecule has 2 fully saturated rings. The number of aliphatic hydroxyl groups is 1. The van der Waals surface area contributed by atoms with Gasteiger partial charge in [0, 0.05) is 56.9 Å². The largest absolute Gasteiger partial charge is 0.396 e. The average Bonchev–Trinajstić information content (AvgIpc) is 3.26. The van der Waals surface area contributed by atoms with E-state index in [1.54, 1.807) is 19.0 Å². The first-order valence-electron chi connectivity index (χ1n) is 11.4. The Labute approximate surface area is 179 Å². The highest BCUT2D eigenvalue weighted by molar-refractivity contribution is 5.82. The molecule has 1 saturated carbocycles. The lowest BCUT2D eigenvalue weighted by atomic mass is 9.88. The molecule has 0 aromatic carbocycles. The van der Waals surface area contributed by atoms with Gasteiger partial charge in [-0.05, 0) is 37.8 Å². The highest BCUT2D eigenvalue weighted by atomic mass is 16.3. The summed E-state index contributed by atoms with van der Waals surface area (Å²) in [4.78, 5) is 30.3. The van der Waals surface area contributed by atoms with E-state index in [0.29, 0.717) is 18.0 Å². The number of carbonyl (C=O) groups is 1. The van der Waals surface area contributed by atoms with E-state index in [1.807, 2.05) is 29.7 Å². The van der Waals surface area contributed by atoms with Crippen LogP contribution in [-0.4, -0.2) is 58.7 Å². The SMILES string of the molecule is C/C=C/c1ccc2n(c1=O)C[C@H]1[C@H](CO)[C@@H](C(=O)N(C)C)N(CC3CCCCC3)[C@@H]21. The quantitative estimate of drug-likeness (QED) is 0.806. The van der Waals surface area contributed by atoms with Crippen LogP contribution in [-0.2, 0) is 11.3 Å². The molecule has 6 nitrogen and oxygen atoms in total. The molecule has 1 aliphatic carbocycles. The highest BCUT2D eigenvalue weighted by Gasteiger charge is 2.56. The van der Waals surface area contributed by atoms with Gasteiger partial charge in [-0.2, -0.15) is 0 Å². The number of allylic oxidation sites excluding steroid dienone is 1. The van der Waals surface area contributed by atoms with Gasteiger partial charge >= 0.3 is 0 Å². The standard InChI is InChI=1S/C24H35N3O3/c1-4-8-17-11-12-20-21-18(14-26(20)23(17)29)19(15-28)22(24(30)25(2)3)27(21)13-16-9-6-5-7-10-16/h4,8,11-12,16,18-19,21-22,28H,5-7,9-10,13-15H2,1-3H3/b8-4+/t18-,19-,21+,22-/m0/s1. The Kier molecular flexibility index (Phi) is 6.16. The van der Waals surface area contributed by atoms with Crippen LogP contribution >= 0.6 is 0 Å². The molecule has 2 aliphatic heterocycles. The van der Waals surface area contributed by atoms with Crippen LogP contribution in [0, 0.1) is 17.8 Å². The van der Waals surface area contributed by atoms with E-state index in [1.165, 1.54) is 32.1 Å². The van der Waals surface area contributed by atoms with Gasteiger partial charge in [-0.25, -0.2) is 0 Å². The Hall–Kier alpha value is -1.92. The Balaban J connectivity index is 1.75. The fourth-order valence-electron chi connectivity index (χ4n) is 6.05. The van der Waals surface area contributed by atoms with Gasteiger partial charge < -0.3 is 14.6 Å². The molecule has 1 N–H and O–H groups in total. The number of amides is 1. The van der Waals surface area contributed by atoms with Crippen molar-refractivity contribution in [2.45, 2.75) is 57.7 Å². The summed E-state index contributed by atoms with van der Waals surface area (Å²) < 4.78 is 1.89. The number of aliphatic hydroxyl groups excluding tert-OH is 1. The number of rotatable bonds is 5. The minimum atomic E-state index is -0.319. The summed E-state index contributed by atoms with van der Waals surface area (Å²) in [5, 5.41) is 10.3.